The van der Waals surface area contributed by atoms with Crippen LogP contribution in [0, 0.1) is 34.1 Å². The van der Waals surface area contributed by atoms with Gasteiger partial charge in [-0.25, -0.2) is 0 Å². The zero-order chi connectivity index (χ0) is 23.4. The molecule has 32 heavy (non-hydrogen) atoms. The van der Waals surface area contributed by atoms with E-state index in [2.05, 4.69) is 10.6 Å². The van der Waals surface area contributed by atoms with E-state index in [9.17, 15) is 29.8 Å². The molecule has 2 amide bonds. The van der Waals surface area contributed by atoms with Crippen molar-refractivity contribution >= 4 is 34.6 Å². The second-order valence-electron chi connectivity index (χ2n) is 7.00. The molecule has 3 aromatic rings. The standard InChI is InChI=1S/C22H18N4O6/c1-13-10-17(25(29)30)6-8-19(13)23-21(27)15-4-3-5-16(12-15)22(28)24-20-9-7-18(26(31)32)11-14(20)2/h3-12H,1-2H3,(H,23,27)(H,24,28). The number of hydrogen-bond donors (Lipinski definition) is 2. The van der Waals surface area contributed by atoms with Gasteiger partial charge in [0, 0.05) is 46.8 Å². The third kappa shape index (κ3) is 4.93. The van der Waals surface area contributed by atoms with E-state index in [1.165, 1.54) is 54.6 Å². The summed E-state index contributed by atoms with van der Waals surface area (Å²) in [6, 6.07) is 14.2. The number of carbonyl (C=O) groups is 2. The van der Waals surface area contributed by atoms with Crippen LogP contribution in [0.3, 0.4) is 0 Å². The molecule has 0 saturated carbocycles. The van der Waals surface area contributed by atoms with Gasteiger partial charge in [-0.3, -0.25) is 29.8 Å². The number of benzene rings is 3. The molecule has 10 heteroatoms. The van der Waals surface area contributed by atoms with Crippen LogP contribution in [0.25, 0.3) is 0 Å². The molecule has 0 bridgehead atoms. The van der Waals surface area contributed by atoms with Crippen LogP contribution in [-0.2, 0) is 0 Å². The molecule has 0 heterocycles. The molecule has 0 atom stereocenters. The highest BCUT2D eigenvalue weighted by atomic mass is 16.6. The third-order valence-corrected chi connectivity index (χ3v) is 4.72. The maximum absolute atomic E-state index is 12.6. The van der Waals surface area contributed by atoms with Crippen molar-refractivity contribution in [2.24, 2.45) is 0 Å². The summed E-state index contributed by atoms with van der Waals surface area (Å²) in [5, 5.41) is 27.1. The SMILES string of the molecule is Cc1cc([N+](=O)[O-])ccc1NC(=O)c1cccc(C(=O)Nc2ccc([N+](=O)[O-])cc2C)c1. The first kappa shape index (κ1) is 22.1. The van der Waals surface area contributed by atoms with Gasteiger partial charge in [-0.2, -0.15) is 0 Å². The highest BCUT2D eigenvalue weighted by molar-refractivity contribution is 6.09. The first-order valence-electron chi connectivity index (χ1n) is 9.38. The van der Waals surface area contributed by atoms with Gasteiger partial charge in [0.1, 0.15) is 0 Å². The average Bonchev–Trinajstić information content (AvgIpc) is 2.76. The number of nitro groups is 2. The molecule has 0 saturated heterocycles. The summed E-state index contributed by atoms with van der Waals surface area (Å²) >= 11 is 0. The van der Waals surface area contributed by atoms with Gasteiger partial charge in [0.25, 0.3) is 23.2 Å². The molecule has 0 aromatic heterocycles. The normalized spacial score (nSPS) is 10.3. The predicted octanol–water partition coefficient (Wildman–Crippen LogP) is 4.62. The number of hydrogen-bond acceptors (Lipinski definition) is 6. The smallest absolute Gasteiger partial charge is 0.269 e. The van der Waals surface area contributed by atoms with Gasteiger partial charge in [-0.1, -0.05) is 6.07 Å². The minimum absolute atomic E-state index is 0.0827. The second-order valence-corrected chi connectivity index (χ2v) is 7.00. The maximum Gasteiger partial charge on any atom is 0.269 e. The number of rotatable bonds is 6. The van der Waals surface area contributed by atoms with Gasteiger partial charge in [-0.15, -0.1) is 0 Å². The lowest BCUT2D eigenvalue weighted by atomic mass is 10.1. The number of nitro benzene ring substituents is 2. The van der Waals surface area contributed by atoms with Gasteiger partial charge in [0.05, 0.1) is 9.85 Å². The molecule has 0 aliphatic carbocycles. The fraction of sp³-hybridized carbons (Fsp3) is 0.0909. The topological polar surface area (TPSA) is 144 Å². The summed E-state index contributed by atoms with van der Waals surface area (Å²) in [5.41, 5.74) is 2.15. The minimum atomic E-state index is -0.520. The van der Waals surface area contributed by atoms with Crippen LogP contribution in [0.5, 0.6) is 0 Å². The van der Waals surface area contributed by atoms with Gasteiger partial charge < -0.3 is 10.6 Å². The highest BCUT2D eigenvalue weighted by Gasteiger charge is 2.15. The summed E-state index contributed by atoms with van der Waals surface area (Å²) in [7, 11) is 0. The van der Waals surface area contributed by atoms with Gasteiger partial charge in [-0.05, 0) is 55.3 Å². The van der Waals surface area contributed by atoms with Crippen LogP contribution >= 0.6 is 0 Å². The quantitative estimate of drug-likeness (QED) is 0.428. The Kier molecular flexibility index (Phi) is 6.24. The Bertz CT molecular complexity index is 1160. The lowest BCUT2D eigenvalue weighted by Crippen LogP contribution is -2.16. The van der Waals surface area contributed by atoms with E-state index in [0.29, 0.717) is 22.5 Å². The van der Waals surface area contributed by atoms with Crippen LogP contribution < -0.4 is 10.6 Å². The van der Waals surface area contributed by atoms with Crippen LogP contribution in [-0.4, -0.2) is 21.7 Å². The molecule has 0 aliphatic rings. The average molecular weight is 434 g/mol. The molecular weight excluding hydrogens is 416 g/mol. The summed E-state index contributed by atoms with van der Waals surface area (Å²) < 4.78 is 0. The Morgan fingerprint density at radius 2 is 1.09 bits per heavy atom. The maximum atomic E-state index is 12.6. The molecule has 0 unspecified atom stereocenters. The van der Waals surface area contributed by atoms with E-state index < -0.39 is 21.7 Å². The first-order chi connectivity index (χ1) is 15.2. The van der Waals surface area contributed by atoms with Gasteiger partial charge >= 0.3 is 0 Å². The molecule has 0 radical (unpaired) electrons. The Hall–Kier alpha value is -4.60. The second kappa shape index (κ2) is 9.04. The number of nitrogens with zero attached hydrogens (tertiary/aromatic N) is 2. The summed E-state index contributed by atoms with van der Waals surface area (Å²) in [5.74, 6) is -0.966. The molecule has 0 fully saturated rings. The number of anilines is 2. The van der Waals surface area contributed by atoms with Gasteiger partial charge in [0.2, 0.25) is 0 Å². The van der Waals surface area contributed by atoms with Crippen LogP contribution in [0.15, 0.2) is 60.7 Å². The fourth-order valence-electron chi connectivity index (χ4n) is 2.99. The number of aryl methyl sites for hydroxylation is 2. The lowest BCUT2D eigenvalue weighted by molar-refractivity contribution is -0.385. The first-order valence-corrected chi connectivity index (χ1v) is 9.38. The van der Waals surface area contributed by atoms with E-state index in [4.69, 9.17) is 0 Å². The molecule has 10 nitrogen and oxygen atoms in total. The molecular formula is C22H18N4O6. The van der Waals surface area contributed by atoms with Crippen molar-refractivity contribution in [3.05, 3.63) is 103 Å². The van der Waals surface area contributed by atoms with Crippen LogP contribution in [0.4, 0.5) is 22.7 Å². The summed E-state index contributed by atoms with van der Waals surface area (Å²) in [4.78, 5) is 45.9. The Labute approximate surface area is 182 Å². The summed E-state index contributed by atoms with van der Waals surface area (Å²) in [6.45, 7) is 3.28. The molecule has 3 aromatic carbocycles. The zero-order valence-electron chi connectivity index (χ0n) is 17.1. The van der Waals surface area contributed by atoms with Crippen molar-refractivity contribution < 1.29 is 19.4 Å². The van der Waals surface area contributed by atoms with Crippen molar-refractivity contribution in [3.8, 4) is 0 Å². The van der Waals surface area contributed by atoms with Crippen molar-refractivity contribution in [1.29, 1.82) is 0 Å². The third-order valence-electron chi connectivity index (χ3n) is 4.72. The Balaban J connectivity index is 1.76. The number of non-ortho nitro benzene ring substituents is 2. The largest absolute Gasteiger partial charge is 0.322 e. The molecule has 3 rings (SSSR count). The minimum Gasteiger partial charge on any atom is -0.322 e. The zero-order valence-corrected chi connectivity index (χ0v) is 17.1. The van der Waals surface area contributed by atoms with Crippen molar-refractivity contribution in [3.63, 3.8) is 0 Å². The van der Waals surface area contributed by atoms with Crippen LogP contribution in [0.1, 0.15) is 31.8 Å². The fourth-order valence-corrected chi connectivity index (χ4v) is 2.99. The Morgan fingerprint density at radius 1 is 0.688 bits per heavy atom. The van der Waals surface area contributed by atoms with E-state index in [1.54, 1.807) is 19.9 Å². The molecule has 0 spiro atoms. The van der Waals surface area contributed by atoms with E-state index in [1.807, 2.05) is 0 Å². The number of nitrogens with one attached hydrogen (secondary N) is 2. The van der Waals surface area contributed by atoms with Crippen molar-refractivity contribution in [2.75, 3.05) is 10.6 Å². The number of amides is 2. The van der Waals surface area contributed by atoms with E-state index >= 15 is 0 Å². The summed E-state index contributed by atoms with van der Waals surface area (Å²) in [6.07, 6.45) is 0. The van der Waals surface area contributed by atoms with E-state index in [-0.39, 0.29) is 22.5 Å². The van der Waals surface area contributed by atoms with Crippen LogP contribution in [0.2, 0.25) is 0 Å². The van der Waals surface area contributed by atoms with Gasteiger partial charge in [0.15, 0.2) is 0 Å². The highest BCUT2D eigenvalue weighted by Crippen LogP contribution is 2.23. The molecule has 162 valence electrons. The lowest BCUT2D eigenvalue weighted by Gasteiger charge is -2.11. The molecule has 0 aliphatic heterocycles. The predicted molar refractivity (Wildman–Crippen MR) is 118 cm³/mol. The van der Waals surface area contributed by atoms with Crippen molar-refractivity contribution in [1.82, 2.24) is 0 Å². The van der Waals surface area contributed by atoms with Crippen molar-refractivity contribution in [2.45, 2.75) is 13.8 Å². The van der Waals surface area contributed by atoms with E-state index in [0.717, 1.165) is 0 Å². The Morgan fingerprint density at radius 3 is 1.44 bits per heavy atom. The number of carbonyl (C=O) groups excluding carboxylic acids is 2. The molecule has 2 N–H and O–H groups in total. The monoisotopic (exact) mass is 434 g/mol.